The van der Waals surface area contributed by atoms with Crippen LogP contribution < -0.4 is 0 Å². The van der Waals surface area contributed by atoms with Gasteiger partial charge in [-0.2, -0.15) is 13.2 Å². The van der Waals surface area contributed by atoms with Crippen LogP contribution in [0.25, 0.3) is 5.57 Å². The van der Waals surface area contributed by atoms with Crippen molar-refractivity contribution in [1.29, 1.82) is 0 Å². The van der Waals surface area contributed by atoms with E-state index in [2.05, 4.69) is 13.0 Å². The van der Waals surface area contributed by atoms with E-state index in [4.69, 9.17) is 0 Å². The standard InChI is InChI=1S/C36H45F5/c1-2-3-4-5-24-6-8-25(9-7-24)26-10-12-27(13-11-26)30-18-20-32(34(37)22-30)29-16-14-28(15-17-29)31-19-21-33(35(38)23-31)36(39,40)41/h16,18-28H,2-15,17H2,1H3. The van der Waals surface area contributed by atoms with Gasteiger partial charge < -0.3 is 0 Å². The molecule has 2 fully saturated rings. The maximum absolute atomic E-state index is 15.3. The van der Waals surface area contributed by atoms with Crippen LogP contribution in [0.2, 0.25) is 0 Å². The lowest BCUT2D eigenvalue weighted by atomic mass is 9.68. The number of rotatable bonds is 8. The summed E-state index contributed by atoms with van der Waals surface area (Å²) in [6, 6.07) is 8.97. The fraction of sp³-hybridized carbons (Fsp3) is 0.611. The first kappa shape index (κ1) is 30.3. The van der Waals surface area contributed by atoms with Gasteiger partial charge in [-0.15, -0.1) is 0 Å². The van der Waals surface area contributed by atoms with Gasteiger partial charge in [-0.1, -0.05) is 69.7 Å². The second-order valence-electron chi connectivity index (χ2n) is 13.1. The number of halogens is 5. The Balaban J connectivity index is 1.13. The first-order chi connectivity index (χ1) is 19.7. The fourth-order valence-corrected chi connectivity index (χ4v) is 8.00. The Hall–Kier alpha value is -2.17. The minimum absolute atomic E-state index is 0.0656. The van der Waals surface area contributed by atoms with E-state index in [9.17, 15) is 17.6 Å². The number of unbranched alkanes of at least 4 members (excludes halogenated alkanes) is 2. The SMILES string of the molecule is CCCCCC1CCC(C2CCC(c3ccc(C4=CCC(c5ccc(C(F)(F)F)c(F)c5)CC4)c(F)c3)CC2)CC1. The van der Waals surface area contributed by atoms with Gasteiger partial charge in [0, 0.05) is 5.56 Å². The van der Waals surface area contributed by atoms with Gasteiger partial charge in [-0.05, 0) is 122 Å². The Morgan fingerprint density at radius 2 is 1.34 bits per heavy atom. The third kappa shape index (κ3) is 7.43. The number of allylic oxidation sites excluding steroid dienone is 2. The van der Waals surface area contributed by atoms with E-state index in [1.165, 1.54) is 70.3 Å². The summed E-state index contributed by atoms with van der Waals surface area (Å²) in [5.74, 6) is 1.63. The van der Waals surface area contributed by atoms with Gasteiger partial charge in [0.2, 0.25) is 0 Å². The van der Waals surface area contributed by atoms with E-state index < -0.39 is 17.6 Å². The molecule has 3 aliphatic rings. The van der Waals surface area contributed by atoms with E-state index in [1.807, 2.05) is 12.1 Å². The first-order valence-electron chi connectivity index (χ1n) is 16.1. The second kappa shape index (κ2) is 13.4. The molecule has 0 aromatic heterocycles. The summed E-state index contributed by atoms with van der Waals surface area (Å²) in [5.41, 5.74) is 2.00. The Morgan fingerprint density at radius 3 is 1.93 bits per heavy atom. The highest BCUT2D eigenvalue weighted by molar-refractivity contribution is 5.67. The minimum Gasteiger partial charge on any atom is -0.206 e. The molecule has 0 aliphatic heterocycles. The first-order valence-corrected chi connectivity index (χ1v) is 16.1. The topological polar surface area (TPSA) is 0 Å². The molecule has 0 radical (unpaired) electrons. The average molecular weight is 573 g/mol. The highest BCUT2D eigenvalue weighted by Gasteiger charge is 2.35. The number of benzene rings is 2. The van der Waals surface area contributed by atoms with Crippen LogP contribution in [-0.2, 0) is 6.18 Å². The maximum Gasteiger partial charge on any atom is 0.419 e. The van der Waals surface area contributed by atoms with Gasteiger partial charge in [0.25, 0.3) is 0 Å². The van der Waals surface area contributed by atoms with E-state index in [-0.39, 0.29) is 11.7 Å². The molecule has 2 aromatic carbocycles. The Labute approximate surface area is 242 Å². The Morgan fingerprint density at radius 1 is 0.707 bits per heavy atom. The van der Waals surface area contributed by atoms with Gasteiger partial charge in [-0.3, -0.25) is 0 Å². The van der Waals surface area contributed by atoms with Crippen LogP contribution in [0, 0.1) is 29.4 Å². The second-order valence-corrected chi connectivity index (χ2v) is 13.1. The van der Waals surface area contributed by atoms with E-state index in [1.54, 1.807) is 6.07 Å². The number of alkyl halides is 3. The molecule has 41 heavy (non-hydrogen) atoms. The van der Waals surface area contributed by atoms with Crippen molar-refractivity contribution in [3.05, 3.63) is 76.4 Å². The zero-order valence-corrected chi connectivity index (χ0v) is 24.4. The highest BCUT2D eigenvalue weighted by atomic mass is 19.4. The summed E-state index contributed by atoms with van der Waals surface area (Å²) in [7, 11) is 0. The molecule has 1 unspecified atom stereocenters. The highest BCUT2D eigenvalue weighted by Crippen LogP contribution is 2.45. The lowest BCUT2D eigenvalue weighted by Gasteiger charge is -2.38. The van der Waals surface area contributed by atoms with Crippen molar-refractivity contribution in [3.63, 3.8) is 0 Å². The van der Waals surface area contributed by atoms with Crippen LogP contribution in [0.5, 0.6) is 0 Å². The molecule has 0 spiro atoms. The maximum atomic E-state index is 15.3. The van der Waals surface area contributed by atoms with Crippen LogP contribution in [0.4, 0.5) is 22.0 Å². The van der Waals surface area contributed by atoms with Crippen molar-refractivity contribution in [1.82, 2.24) is 0 Å². The quantitative estimate of drug-likeness (QED) is 0.218. The van der Waals surface area contributed by atoms with Gasteiger partial charge in [-0.25, -0.2) is 8.78 Å². The molecule has 2 aromatic rings. The van der Waals surface area contributed by atoms with Gasteiger partial charge in [0.15, 0.2) is 0 Å². The molecule has 0 nitrogen and oxygen atoms in total. The third-order valence-corrected chi connectivity index (χ3v) is 10.5. The minimum atomic E-state index is -4.70. The molecular formula is C36H45F5. The molecule has 224 valence electrons. The average Bonchev–Trinajstić information content (AvgIpc) is 2.97. The van der Waals surface area contributed by atoms with Crippen molar-refractivity contribution < 1.29 is 22.0 Å². The van der Waals surface area contributed by atoms with Crippen LogP contribution in [0.1, 0.15) is 137 Å². The van der Waals surface area contributed by atoms with E-state index in [0.29, 0.717) is 36.3 Å². The lowest BCUT2D eigenvalue weighted by Crippen LogP contribution is -2.25. The van der Waals surface area contributed by atoms with Crippen molar-refractivity contribution in [2.24, 2.45) is 17.8 Å². The van der Waals surface area contributed by atoms with Crippen LogP contribution in [0.3, 0.4) is 0 Å². The third-order valence-electron chi connectivity index (χ3n) is 10.5. The predicted molar refractivity (Wildman–Crippen MR) is 157 cm³/mol. The van der Waals surface area contributed by atoms with Crippen molar-refractivity contribution in [2.75, 3.05) is 0 Å². The summed E-state index contributed by atoms with van der Waals surface area (Å²) >= 11 is 0. The summed E-state index contributed by atoms with van der Waals surface area (Å²) in [6.45, 7) is 2.28. The molecule has 3 aliphatic carbocycles. The van der Waals surface area contributed by atoms with Gasteiger partial charge >= 0.3 is 6.18 Å². The molecule has 5 rings (SSSR count). The Kier molecular flexibility index (Phi) is 9.92. The molecule has 0 saturated heterocycles. The molecule has 0 N–H and O–H groups in total. The van der Waals surface area contributed by atoms with Crippen molar-refractivity contribution in [3.8, 4) is 0 Å². The predicted octanol–water partition coefficient (Wildman–Crippen LogP) is 12.0. The summed E-state index contributed by atoms with van der Waals surface area (Å²) in [5, 5.41) is 0. The Bertz CT molecular complexity index is 1180. The fourth-order valence-electron chi connectivity index (χ4n) is 8.00. The summed E-state index contributed by atoms with van der Waals surface area (Å²) < 4.78 is 68.1. The van der Waals surface area contributed by atoms with E-state index in [0.717, 1.165) is 53.9 Å². The van der Waals surface area contributed by atoms with Crippen molar-refractivity contribution in [2.45, 2.75) is 121 Å². The number of hydrogen-bond donors (Lipinski definition) is 0. The molecular weight excluding hydrogens is 527 g/mol. The largest absolute Gasteiger partial charge is 0.419 e. The van der Waals surface area contributed by atoms with Crippen molar-refractivity contribution >= 4 is 5.57 Å². The van der Waals surface area contributed by atoms with Crippen LogP contribution in [0.15, 0.2) is 42.5 Å². The zero-order chi connectivity index (χ0) is 29.0. The zero-order valence-electron chi connectivity index (χ0n) is 24.4. The molecule has 0 bridgehead atoms. The molecule has 0 heterocycles. The van der Waals surface area contributed by atoms with Gasteiger partial charge in [0.1, 0.15) is 11.6 Å². The van der Waals surface area contributed by atoms with Crippen LogP contribution in [-0.4, -0.2) is 0 Å². The molecule has 0 amide bonds. The summed E-state index contributed by atoms with van der Waals surface area (Å²) in [4.78, 5) is 0. The smallest absolute Gasteiger partial charge is 0.206 e. The van der Waals surface area contributed by atoms with Gasteiger partial charge in [0.05, 0.1) is 5.56 Å². The monoisotopic (exact) mass is 572 g/mol. The molecule has 5 heteroatoms. The number of hydrogen-bond acceptors (Lipinski definition) is 0. The summed E-state index contributed by atoms with van der Waals surface area (Å²) in [6.07, 6.45) is 15.1. The van der Waals surface area contributed by atoms with E-state index >= 15 is 4.39 Å². The molecule has 1 atom stereocenters. The lowest BCUT2D eigenvalue weighted by molar-refractivity contribution is -0.140. The normalized spacial score (nSPS) is 27.5. The molecule has 2 saturated carbocycles. The van der Waals surface area contributed by atoms with Crippen LogP contribution >= 0.6 is 0 Å².